The van der Waals surface area contributed by atoms with Gasteiger partial charge in [-0.2, -0.15) is 0 Å². The lowest BCUT2D eigenvalue weighted by molar-refractivity contribution is 0.0890. The van der Waals surface area contributed by atoms with Gasteiger partial charge in [0.25, 0.3) is 5.91 Å². The van der Waals surface area contributed by atoms with Crippen LogP contribution < -0.4 is 11.1 Å². The molecule has 1 heterocycles. The molecule has 0 spiro atoms. The number of carbonyl (C=O) groups is 1. The lowest BCUT2D eigenvalue weighted by Gasteiger charge is -2.24. The standard InChI is InChI=1S/C13H18N2O2/c1-9-4-3-5-10(11(9)14)12(16)15-13(2)6-7-17-8-13/h3-5H,6-8,14H2,1-2H3,(H,15,16). The number of amides is 1. The number of hydrogen-bond acceptors (Lipinski definition) is 3. The molecule has 0 aromatic heterocycles. The zero-order valence-electron chi connectivity index (χ0n) is 10.2. The van der Waals surface area contributed by atoms with Crippen LogP contribution in [-0.2, 0) is 4.74 Å². The molecule has 1 aromatic rings. The summed E-state index contributed by atoms with van der Waals surface area (Å²) in [6.45, 7) is 5.14. The molecule has 4 heteroatoms. The highest BCUT2D eigenvalue weighted by Gasteiger charge is 2.31. The second-order valence-electron chi connectivity index (χ2n) is 4.85. The molecule has 3 N–H and O–H groups in total. The van der Waals surface area contributed by atoms with Gasteiger partial charge >= 0.3 is 0 Å². The summed E-state index contributed by atoms with van der Waals surface area (Å²) < 4.78 is 5.30. The van der Waals surface area contributed by atoms with Crippen molar-refractivity contribution in [2.45, 2.75) is 25.8 Å². The predicted octanol–water partition coefficient (Wildman–Crippen LogP) is 1.49. The quantitative estimate of drug-likeness (QED) is 0.762. The predicted molar refractivity (Wildman–Crippen MR) is 66.9 cm³/mol. The maximum absolute atomic E-state index is 12.1. The Kier molecular flexibility index (Phi) is 3.07. The summed E-state index contributed by atoms with van der Waals surface area (Å²) in [6, 6.07) is 5.48. The van der Waals surface area contributed by atoms with Crippen molar-refractivity contribution in [3.05, 3.63) is 29.3 Å². The minimum atomic E-state index is -0.271. The molecule has 0 saturated carbocycles. The van der Waals surface area contributed by atoms with Crippen molar-refractivity contribution < 1.29 is 9.53 Å². The van der Waals surface area contributed by atoms with Gasteiger partial charge in [0, 0.05) is 12.3 Å². The average molecular weight is 234 g/mol. The van der Waals surface area contributed by atoms with E-state index in [2.05, 4.69) is 5.32 Å². The van der Waals surface area contributed by atoms with E-state index in [0.717, 1.165) is 12.0 Å². The van der Waals surface area contributed by atoms with Crippen molar-refractivity contribution in [3.63, 3.8) is 0 Å². The highest BCUT2D eigenvalue weighted by Crippen LogP contribution is 2.21. The van der Waals surface area contributed by atoms with Gasteiger partial charge in [0.2, 0.25) is 0 Å². The molecule has 1 unspecified atom stereocenters. The number of anilines is 1. The second-order valence-corrected chi connectivity index (χ2v) is 4.85. The number of nitrogen functional groups attached to an aromatic ring is 1. The molecule has 0 aliphatic carbocycles. The van der Waals surface area contributed by atoms with E-state index in [9.17, 15) is 4.79 Å². The SMILES string of the molecule is Cc1cccc(C(=O)NC2(C)CCOC2)c1N. The number of para-hydroxylation sites is 1. The third-order valence-electron chi connectivity index (χ3n) is 3.20. The summed E-state index contributed by atoms with van der Waals surface area (Å²) in [4.78, 5) is 12.1. The Labute approximate surface area is 101 Å². The van der Waals surface area contributed by atoms with Crippen LogP contribution in [0.2, 0.25) is 0 Å². The molecule has 0 bridgehead atoms. The van der Waals surface area contributed by atoms with Crippen LogP contribution in [0.1, 0.15) is 29.3 Å². The summed E-state index contributed by atoms with van der Waals surface area (Å²) in [5.74, 6) is -0.126. The number of benzene rings is 1. The van der Waals surface area contributed by atoms with E-state index in [1.54, 1.807) is 6.07 Å². The van der Waals surface area contributed by atoms with E-state index in [-0.39, 0.29) is 11.4 Å². The minimum Gasteiger partial charge on any atom is -0.398 e. The topological polar surface area (TPSA) is 64.3 Å². The van der Waals surface area contributed by atoms with Gasteiger partial charge in [-0.3, -0.25) is 4.79 Å². The molecule has 1 aliphatic heterocycles. The normalized spacial score (nSPS) is 23.6. The maximum atomic E-state index is 12.1. The summed E-state index contributed by atoms with van der Waals surface area (Å²) >= 11 is 0. The highest BCUT2D eigenvalue weighted by atomic mass is 16.5. The smallest absolute Gasteiger partial charge is 0.253 e. The Morgan fingerprint density at radius 2 is 2.29 bits per heavy atom. The van der Waals surface area contributed by atoms with Crippen LogP contribution in [-0.4, -0.2) is 24.7 Å². The molecule has 92 valence electrons. The molecule has 2 rings (SSSR count). The fourth-order valence-corrected chi connectivity index (χ4v) is 1.99. The fourth-order valence-electron chi connectivity index (χ4n) is 1.99. The van der Waals surface area contributed by atoms with Crippen molar-refractivity contribution in [3.8, 4) is 0 Å². The Morgan fingerprint density at radius 1 is 1.53 bits per heavy atom. The lowest BCUT2D eigenvalue weighted by atomic mass is 10.00. The third-order valence-corrected chi connectivity index (χ3v) is 3.20. The molecule has 1 fully saturated rings. The molecule has 4 nitrogen and oxygen atoms in total. The zero-order valence-corrected chi connectivity index (χ0v) is 10.2. The third kappa shape index (κ3) is 2.42. The molecule has 1 atom stereocenters. The van der Waals surface area contributed by atoms with Crippen molar-refractivity contribution >= 4 is 11.6 Å². The van der Waals surface area contributed by atoms with Crippen LogP contribution in [0.5, 0.6) is 0 Å². The number of aryl methyl sites for hydroxylation is 1. The van der Waals surface area contributed by atoms with Crippen LogP contribution in [0, 0.1) is 6.92 Å². The van der Waals surface area contributed by atoms with Crippen LogP contribution in [0.25, 0.3) is 0 Å². The van der Waals surface area contributed by atoms with Gasteiger partial charge in [-0.25, -0.2) is 0 Å². The first-order valence-electron chi connectivity index (χ1n) is 5.77. The Balaban J connectivity index is 2.17. The van der Waals surface area contributed by atoms with E-state index in [1.807, 2.05) is 26.0 Å². The molecular weight excluding hydrogens is 216 g/mol. The van der Waals surface area contributed by atoms with E-state index in [1.165, 1.54) is 0 Å². The first-order chi connectivity index (χ1) is 8.02. The lowest BCUT2D eigenvalue weighted by Crippen LogP contribution is -2.46. The molecular formula is C13H18N2O2. The zero-order chi connectivity index (χ0) is 12.5. The molecule has 1 saturated heterocycles. The van der Waals surface area contributed by atoms with E-state index in [0.29, 0.717) is 24.5 Å². The largest absolute Gasteiger partial charge is 0.398 e. The maximum Gasteiger partial charge on any atom is 0.253 e. The van der Waals surface area contributed by atoms with Crippen LogP contribution in [0.3, 0.4) is 0 Å². The number of hydrogen-bond donors (Lipinski definition) is 2. The summed E-state index contributed by atoms with van der Waals surface area (Å²) in [7, 11) is 0. The van der Waals surface area contributed by atoms with E-state index < -0.39 is 0 Å². The summed E-state index contributed by atoms with van der Waals surface area (Å²) in [5.41, 5.74) is 7.65. The molecule has 1 amide bonds. The fraction of sp³-hybridized carbons (Fsp3) is 0.462. The first-order valence-corrected chi connectivity index (χ1v) is 5.77. The second kappa shape index (κ2) is 4.37. The van der Waals surface area contributed by atoms with Crippen LogP contribution in [0.4, 0.5) is 5.69 Å². The average Bonchev–Trinajstić information content (AvgIpc) is 2.68. The van der Waals surface area contributed by atoms with Gasteiger partial charge in [-0.05, 0) is 31.9 Å². The number of ether oxygens (including phenoxy) is 1. The van der Waals surface area contributed by atoms with Crippen LogP contribution in [0.15, 0.2) is 18.2 Å². The highest BCUT2D eigenvalue weighted by molar-refractivity contribution is 6.00. The number of nitrogens with one attached hydrogen (secondary N) is 1. The molecule has 0 radical (unpaired) electrons. The number of carbonyl (C=O) groups excluding carboxylic acids is 1. The summed E-state index contributed by atoms with van der Waals surface area (Å²) in [6.07, 6.45) is 0.838. The van der Waals surface area contributed by atoms with Gasteiger partial charge in [0.15, 0.2) is 0 Å². The Hall–Kier alpha value is -1.55. The van der Waals surface area contributed by atoms with Crippen molar-refractivity contribution in [2.75, 3.05) is 18.9 Å². The minimum absolute atomic E-state index is 0.126. The Morgan fingerprint density at radius 3 is 2.94 bits per heavy atom. The van der Waals surface area contributed by atoms with Gasteiger partial charge in [-0.1, -0.05) is 12.1 Å². The summed E-state index contributed by atoms with van der Waals surface area (Å²) in [5, 5.41) is 3.00. The molecule has 17 heavy (non-hydrogen) atoms. The van der Waals surface area contributed by atoms with Crippen molar-refractivity contribution in [1.82, 2.24) is 5.32 Å². The van der Waals surface area contributed by atoms with E-state index in [4.69, 9.17) is 10.5 Å². The van der Waals surface area contributed by atoms with Gasteiger partial charge in [0.05, 0.1) is 17.7 Å². The van der Waals surface area contributed by atoms with Gasteiger partial charge in [-0.15, -0.1) is 0 Å². The molecule has 1 aliphatic rings. The van der Waals surface area contributed by atoms with Gasteiger partial charge in [0.1, 0.15) is 0 Å². The van der Waals surface area contributed by atoms with Crippen molar-refractivity contribution in [1.29, 1.82) is 0 Å². The van der Waals surface area contributed by atoms with Gasteiger partial charge < -0.3 is 15.8 Å². The first kappa shape index (κ1) is 11.9. The number of rotatable bonds is 2. The van der Waals surface area contributed by atoms with Crippen molar-refractivity contribution in [2.24, 2.45) is 0 Å². The Bertz CT molecular complexity index is 437. The van der Waals surface area contributed by atoms with E-state index >= 15 is 0 Å². The monoisotopic (exact) mass is 234 g/mol. The number of nitrogens with two attached hydrogens (primary N) is 1. The van der Waals surface area contributed by atoms with Crippen LogP contribution >= 0.6 is 0 Å². The molecule has 1 aromatic carbocycles.